The van der Waals surface area contributed by atoms with E-state index in [4.69, 9.17) is 5.11 Å². The Morgan fingerprint density at radius 2 is 1.60 bits per heavy atom. The summed E-state index contributed by atoms with van der Waals surface area (Å²) in [6, 6.07) is 6.16. The number of urea groups is 1. The van der Waals surface area contributed by atoms with Gasteiger partial charge >= 0.3 is 12.0 Å². The minimum atomic E-state index is -0.973. The zero-order valence-electron chi connectivity index (χ0n) is 11.4. The summed E-state index contributed by atoms with van der Waals surface area (Å²) < 4.78 is 0. The summed E-state index contributed by atoms with van der Waals surface area (Å²) >= 11 is 0. The third-order valence-corrected chi connectivity index (χ3v) is 3.58. The minimum absolute atomic E-state index is 0.208. The van der Waals surface area contributed by atoms with Crippen molar-refractivity contribution in [2.24, 2.45) is 0 Å². The van der Waals surface area contributed by atoms with Crippen molar-refractivity contribution in [3.63, 3.8) is 0 Å². The molecule has 108 valence electrons. The summed E-state index contributed by atoms with van der Waals surface area (Å²) in [4.78, 5) is 22.6. The second kappa shape index (κ2) is 6.93. The van der Waals surface area contributed by atoms with Gasteiger partial charge in [-0.2, -0.15) is 0 Å². The fourth-order valence-corrected chi connectivity index (χ4v) is 2.47. The number of nitrogens with one attached hydrogen (secondary N) is 2. The Kier molecular flexibility index (Phi) is 4.98. The Morgan fingerprint density at radius 1 is 1.00 bits per heavy atom. The van der Waals surface area contributed by atoms with Crippen molar-refractivity contribution >= 4 is 17.7 Å². The Bertz CT molecular complexity index is 463. The molecule has 2 amide bonds. The van der Waals surface area contributed by atoms with Crippen LogP contribution in [0.4, 0.5) is 10.5 Å². The van der Waals surface area contributed by atoms with E-state index in [9.17, 15) is 9.59 Å². The van der Waals surface area contributed by atoms with Crippen LogP contribution in [0.2, 0.25) is 0 Å². The van der Waals surface area contributed by atoms with E-state index in [1.54, 1.807) is 12.1 Å². The highest BCUT2D eigenvalue weighted by molar-refractivity contribution is 5.91. The van der Waals surface area contributed by atoms with E-state index in [1.165, 1.54) is 25.0 Å². The number of amides is 2. The Balaban J connectivity index is 1.85. The summed E-state index contributed by atoms with van der Waals surface area (Å²) in [6.07, 6.45) is 6.89. The average molecular weight is 276 g/mol. The first-order chi connectivity index (χ1) is 9.65. The van der Waals surface area contributed by atoms with E-state index in [-0.39, 0.29) is 17.6 Å². The maximum atomic E-state index is 11.9. The summed E-state index contributed by atoms with van der Waals surface area (Å²) in [5.41, 5.74) is 0.806. The van der Waals surface area contributed by atoms with Crippen LogP contribution < -0.4 is 10.6 Å². The molecule has 5 heteroatoms. The monoisotopic (exact) mass is 276 g/mol. The van der Waals surface area contributed by atoms with E-state index in [0.717, 1.165) is 25.7 Å². The molecule has 0 bridgehead atoms. The SMILES string of the molecule is O=C(Nc1ccc(C(=O)O)cc1)NC1CCCCCC1. The van der Waals surface area contributed by atoms with Gasteiger partial charge in [0.25, 0.3) is 0 Å². The topological polar surface area (TPSA) is 78.4 Å². The number of carbonyl (C=O) groups excluding carboxylic acids is 1. The summed E-state index contributed by atoms with van der Waals surface area (Å²) in [5, 5.41) is 14.5. The van der Waals surface area contributed by atoms with E-state index in [1.807, 2.05) is 0 Å². The highest BCUT2D eigenvalue weighted by atomic mass is 16.4. The first-order valence-corrected chi connectivity index (χ1v) is 7.06. The van der Waals surface area contributed by atoms with Crippen molar-refractivity contribution in [3.05, 3.63) is 29.8 Å². The van der Waals surface area contributed by atoms with Crippen molar-refractivity contribution in [1.82, 2.24) is 5.32 Å². The van der Waals surface area contributed by atoms with E-state index in [2.05, 4.69) is 10.6 Å². The second-order valence-corrected chi connectivity index (χ2v) is 5.17. The molecule has 0 unspecified atom stereocenters. The number of anilines is 1. The lowest BCUT2D eigenvalue weighted by molar-refractivity contribution is 0.0697. The third kappa shape index (κ3) is 4.26. The van der Waals surface area contributed by atoms with Crippen molar-refractivity contribution < 1.29 is 14.7 Å². The Hall–Kier alpha value is -2.04. The van der Waals surface area contributed by atoms with Crippen molar-refractivity contribution in [2.75, 3.05) is 5.32 Å². The zero-order chi connectivity index (χ0) is 14.4. The normalized spacial score (nSPS) is 16.2. The molecule has 1 saturated carbocycles. The number of aromatic carboxylic acids is 1. The lowest BCUT2D eigenvalue weighted by atomic mass is 10.1. The molecule has 0 saturated heterocycles. The van der Waals surface area contributed by atoms with Crippen LogP contribution in [0, 0.1) is 0 Å². The van der Waals surface area contributed by atoms with Crippen molar-refractivity contribution in [2.45, 2.75) is 44.6 Å². The van der Waals surface area contributed by atoms with Crippen LogP contribution in [-0.4, -0.2) is 23.1 Å². The van der Waals surface area contributed by atoms with Gasteiger partial charge < -0.3 is 15.7 Å². The highest BCUT2D eigenvalue weighted by Crippen LogP contribution is 2.17. The van der Waals surface area contributed by atoms with Gasteiger partial charge in [-0.05, 0) is 37.1 Å². The molecule has 0 aromatic heterocycles. The zero-order valence-corrected chi connectivity index (χ0v) is 11.4. The maximum Gasteiger partial charge on any atom is 0.335 e. The van der Waals surface area contributed by atoms with Crippen LogP contribution >= 0.6 is 0 Å². The summed E-state index contributed by atoms with van der Waals surface area (Å²) in [7, 11) is 0. The quantitative estimate of drug-likeness (QED) is 0.742. The molecule has 1 aromatic rings. The summed E-state index contributed by atoms with van der Waals surface area (Å²) in [5.74, 6) is -0.973. The molecule has 0 spiro atoms. The number of benzene rings is 1. The first kappa shape index (κ1) is 14.4. The maximum absolute atomic E-state index is 11.9. The van der Waals surface area contributed by atoms with Gasteiger partial charge in [-0.1, -0.05) is 25.7 Å². The Labute approximate surface area is 118 Å². The molecular formula is C15H20N2O3. The molecule has 0 heterocycles. The van der Waals surface area contributed by atoms with Crippen LogP contribution in [-0.2, 0) is 0 Å². The molecule has 20 heavy (non-hydrogen) atoms. The van der Waals surface area contributed by atoms with Crippen LogP contribution in [0.3, 0.4) is 0 Å². The molecule has 3 N–H and O–H groups in total. The van der Waals surface area contributed by atoms with Crippen LogP contribution in [0.15, 0.2) is 24.3 Å². The number of hydrogen-bond donors (Lipinski definition) is 3. The molecule has 5 nitrogen and oxygen atoms in total. The van der Waals surface area contributed by atoms with Crippen molar-refractivity contribution in [1.29, 1.82) is 0 Å². The number of carboxylic acids is 1. The van der Waals surface area contributed by atoms with Gasteiger partial charge in [-0.25, -0.2) is 9.59 Å². The lowest BCUT2D eigenvalue weighted by Crippen LogP contribution is -2.37. The van der Waals surface area contributed by atoms with Crippen molar-refractivity contribution in [3.8, 4) is 0 Å². The van der Waals surface area contributed by atoms with Gasteiger partial charge in [0, 0.05) is 11.7 Å². The lowest BCUT2D eigenvalue weighted by Gasteiger charge is -2.16. The molecule has 2 rings (SSSR count). The number of hydrogen-bond acceptors (Lipinski definition) is 2. The summed E-state index contributed by atoms with van der Waals surface area (Å²) in [6.45, 7) is 0. The second-order valence-electron chi connectivity index (χ2n) is 5.17. The largest absolute Gasteiger partial charge is 0.478 e. The molecule has 1 aliphatic carbocycles. The number of carbonyl (C=O) groups is 2. The van der Waals surface area contributed by atoms with Gasteiger partial charge in [0.15, 0.2) is 0 Å². The highest BCUT2D eigenvalue weighted by Gasteiger charge is 2.14. The smallest absolute Gasteiger partial charge is 0.335 e. The molecule has 1 fully saturated rings. The fourth-order valence-electron chi connectivity index (χ4n) is 2.47. The molecule has 1 aromatic carbocycles. The predicted octanol–water partition coefficient (Wildman–Crippen LogP) is 3.23. The van der Waals surface area contributed by atoms with Gasteiger partial charge in [0.2, 0.25) is 0 Å². The Morgan fingerprint density at radius 3 is 2.15 bits per heavy atom. The standard InChI is InChI=1S/C15H20N2O3/c18-14(19)11-7-9-13(10-8-11)17-15(20)16-12-5-3-1-2-4-6-12/h7-10,12H,1-6H2,(H,18,19)(H2,16,17,20). The van der Waals surface area contributed by atoms with Crippen LogP contribution in [0.25, 0.3) is 0 Å². The van der Waals surface area contributed by atoms with Gasteiger partial charge in [0.1, 0.15) is 0 Å². The van der Waals surface area contributed by atoms with Crippen LogP contribution in [0.5, 0.6) is 0 Å². The van der Waals surface area contributed by atoms with Gasteiger partial charge in [0.05, 0.1) is 5.56 Å². The minimum Gasteiger partial charge on any atom is -0.478 e. The third-order valence-electron chi connectivity index (χ3n) is 3.58. The molecular weight excluding hydrogens is 256 g/mol. The number of rotatable bonds is 3. The predicted molar refractivity (Wildman–Crippen MR) is 77.0 cm³/mol. The average Bonchev–Trinajstić information content (AvgIpc) is 2.68. The molecule has 0 radical (unpaired) electrons. The van der Waals surface area contributed by atoms with E-state index >= 15 is 0 Å². The molecule has 1 aliphatic rings. The van der Waals surface area contributed by atoms with E-state index < -0.39 is 5.97 Å². The van der Waals surface area contributed by atoms with Gasteiger partial charge in [-0.15, -0.1) is 0 Å². The van der Waals surface area contributed by atoms with Gasteiger partial charge in [-0.3, -0.25) is 0 Å². The first-order valence-electron chi connectivity index (χ1n) is 7.06. The van der Waals surface area contributed by atoms with Crippen LogP contribution in [0.1, 0.15) is 48.9 Å². The molecule has 0 atom stereocenters. The van der Waals surface area contributed by atoms with E-state index in [0.29, 0.717) is 5.69 Å². The molecule has 0 aliphatic heterocycles. The fraction of sp³-hybridized carbons (Fsp3) is 0.467. The number of carboxylic acid groups (broad SMARTS) is 1.